The summed E-state index contributed by atoms with van der Waals surface area (Å²) in [6.07, 6.45) is 1.91. The zero-order chi connectivity index (χ0) is 11.5. The third kappa shape index (κ3) is 1.63. The summed E-state index contributed by atoms with van der Waals surface area (Å²) in [5, 5.41) is 9.79. The first kappa shape index (κ1) is 10.2. The lowest BCUT2D eigenvalue weighted by molar-refractivity contribution is -0.139. The maximum absolute atomic E-state index is 11.2. The Hall–Kier alpha value is -2.28. The number of H-pyrrole nitrogens is 1. The van der Waals surface area contributed by atoms with E-state index in [1.54, 1.807) is 18.3 Å². The average molecular weight is 214 g/mol. The Balaban J connectivity index is 2.55. The molecule has 0 aliphatic rings. The minimum atomic E-state index is -0.311. The second-order valence-corrected chi connectivity index (χ2v) is 3.41. The Morgan fingerprint density at radius 2 is 2.38 bits per heavy atom. The van der Waals surface area contributed by atoms with Crippen molar-refractivity contribution < 1.29 is 9.53 Å². The highest BCUT2D eigenvalue weighted by molar-refractivity contribution is 5.91. The molecule has 0 aliphatic heterocycles. The van der Waals surface area contributed by atoms with Crippen molar-refractivity contribution in [1.82, 2.24) is 4.98 Å². The average Bonchev–Trinajstić information content (AvgIpc) is 2.72. The van der Waals surface area contributed by atoms with Gasteiger partial charge in [-0.3, -0.25) is 4.79 Å². The van der Waals surface area contributed by atoms with E-state index in [2.05, 4.69) is 15.8 Å². The van der Waals surface area contributed by atoms with Crippen LogP contribution in [0.15, 0.2) is 24.4 Å². The quantitative estimate of drug-likeness (QED) is 0.774. The van der Waals surface area contributed by atoms with Gasteiger partial charge < -0.3 is 9.72 Å². The number of ether oxygens (including phenoxy) is 1. The molecular formula is C12H10N2O2. The van der Waals surface area contributed by atoms with Crippen molar-refractivity contribution >= 4 is 16.9 Å². The van der Waals surface area contributed by atoms with Gasteiger partial charge in [-0.05, 0) is 17.7 Å². The highest BCUT2D eigenvalue weighted by Gasteiger charge is 2.11. The summed E-state index contributed by atoms with van der Waals surface area (Å²) in [7, 11) is 1.35. The van der Waals surface area contributed by atoms with Crippen LogP contribution in [0.4, 0.5) is 0 Å². The molecule has 4 heteroatoms. The van der Waals surface area contributed by atoms with Crippen LogP contribution in [-0.4, -0.2) is 18.1 Å². The molecule has 2 rings (SSSR count). The molecule has 16 heavy (non-hydrogen) atoms. The molecule has 0 saturated carbocycles. The molecule has 0 fully saturated rings. The van der Waals surface area contributed by atoms with Gasteiger partial charge in [0.25, 0.3) is 0 Å². The monoisotopic (exact) mass is 214 g/mol. The van der Waals surface area contributed by atoms with E-state index < -0.39 is 0 Å². The first-order valence-electron chi connectivity index (χ1n) is 4.82. The van der Waals surface area contributed by atoms with Gasteiger partial charge in [-0.15, -0.1) is 0 Å². The van der Waals surface area contributed by atoms with Crippen LogP contribution in [0.1, 0.15) is 11.1 Å². The Labute approximate surface area is 92.4 Å². The van der Waals surface area contributed by atoms with Gasteiger partial charge in [0.2, 0.25) is 0 Å². The number of hydrogen-bond acceptors (Lipinski definition) is 3. The number of aromatic amines is 1. The number of esters is 1. The van der Waals surface area contributed by atoms with E-state index in [-0.39, 0.29) is 12.4 Å². The molecule has 1 aromatic heterocycles. The number of carbonyl (C=O) groups is 1. The molecule has 1 heterocycles. The van der Waals surface area contributed by atoms with E-state index in [1.165, 1.54) is 7.11 Å². The maximum atomic E-state index is 11.2. The summed E-state index contributed by atoms with van der Waals surface area (Å²) < 4.78 is 4.61. The lowest BCUT2D eigenvalue weighted by Gasteiger charge is -1.99. The highest BCUT2D eigenvalue weighted by atomic mass is 16.5. The second kappa shape index (κ2) is 4.07. The third-order valence-corrected chi connectivity index (χ3v) is 2.47. The Morgan fingerprint density at radius 3 is 3.06 bits per heavy atom. The van der Waals surface area contributed by atoms with Crippen molar-refractivity contribution in [3.8, 4) is 6.07 Å². The molecule has 0 atom stereocenters. The molecule has 0 saturated heterocycles. The van der Waals surface area contributed by atoms with Crippen LogP contribution >= 0.6 is 0 Å². The summed E-state index contributed by atoms with van der Waals surface area (Å²) in [5.74, 6) is -0.311. The molecule has 1 N–H and O–H groups in total. The molecule has 0 spiro atoms. The SMILES string of the molecule is COC(=O)Cc1c[nH]c2cccc(C#N)c12. The van der Waals surface area contributed by atoms with Crippen molar-refractivity contribution in [1.29, 1.82) is 5.26 Å². The van der Waals surface area contributed by atoms with Gasteiger partial charge in [0.05, 0.1) is 25.2 Å². The third-order valence-electron chi connectivity index (χ3n) is 2.47. The first-order valence-corrected chi connectivity index (χ1v) is 4.82. The summed E-state index contributed by atoms with van der Waals surface area (Å²) in [5.41, 5.74) is 2.22. The van der Waals surface area contributed by atoms with Crippen LogP contribution in [0.3, 0.4) is 0 Å². The zero-order valence-electron chi connectivity index (χ0n) is 8.78. The van der Waals surface area contributed by atoms with Crippen LogP contribution in [0, 0.1) is 11.3 Å². The zero-order valence-corrected chi connectivity index (χ0v) is 8.78. The van der Waals surface area contributed by atoms with Gasteiger partial charge in [-0.25, -0.2) is 0 Å². The number of hydrogen-bond donors (Lipinski definition) is 1. The van der Waals surface area contributed by atoms with Gasteiger partial charge >= 0.3 is 5.97 Å². The van der Waals surface area contributed by atoms with E-state index in [0.717, 1.165) is 16.5 Å². The molecule has 0 radical (unpaired) electrons. The number of nitrogens with zero attached hydrogens (tertiary/aromatic N) is 1. The van der Waals surface area contributed by atoms with Gasteiger partial charge in [-0.2, -0.15) is 5.26 Å². The largest absolute Gasteiger partial charge is 0.469 e. The number of fused-ring (bicyclic) bond motifs is 1. The molecule has 0 aliphatic carbocycles. The Bertz CT molecular complexity index is 578. The topological polar surface area (TPSA) is 65.9 Å². The predicted molar refractivity (Wildman–Crippen MR) is 58.7 cm³/mol. The van der Waals surface area contributed by atoms with Crippen LogP contribution in [0.5, 0.6) is 0 Å². The number of aromatic nitrogens is 1. The summed E-state index contributed by atoms with van der Waals surface area (Å²) in [6.45, 7) is 0. The Kier molecular flexibility index (Phi) is 2.61. The van der Waals surface area contributed by atoms with Crippen molar-refractivity contribution in [2.45, 2.75) is 6.42 Å². The minimum Gasteiger partial charge on any atom is -0.469 e. The molecular weight excluding hydrogens is 204 g/mol. The fourth-order valence-electron chi connectivity index (χ4n) is 1.72. The summed E-state index contributed by atoms with van der Waals surface area (Å²) in [4.78, 5) is 14.2. The van der Waals surface area contributed by atoms with Crippen molar-refractivity contribution in [2.24, 2.45) is 0 Å². The molecule has 0 bridgehead atoms. The van der Waals surface area contributed by atoms with Crippen molar-refractivity contribution in [3.05, 3.63) is 35.5 Å². The molecule has 4 nitrogen and oxygen atoms in total. The van der Waals surface area contributed by atoms with Crippen molar-refractivity contribution in [3.63, 3.8) is 0 Å². The fourth-order valence-corrected chi connectivity index (χ4v) is 1.72. The Morgan fingerprint density at radius 1 is 1.56 bits per heavy atom. The van der Waals surface area contributed by atoms with E-state index in [4.69, 9.17) is 5.26 Å². The molecule has 0 unspecified atom stereocenters. The van der Waals surface area contributed by atoms with Gasteiger partial charge in [0, 0.05) is 17.1 Å². The number of rotatable bonds is 2. The highest BCUT2D eigenvalue weighted by Crippen LogP contribution is 2.22. The number of carbonyl (C=O) groups excluding carboxylic acids is 1. The maximum Gasteiger partial charge on any atom is 0.310 e. The summed E-state index contributed by atoms with van der Waals surface area (Å²) in [6, 6.07) is 7.53. The van der Waals surface area contributed by atoms with Gasteiger partial charge in [0.15, 0.2) is 0 Å². The van der Waals surface area contributed by atoms with Gasteiger partial charge in [0.1, 0.15) is 0 Å². The smallest absolute Gasteiger partial charge is 0.310 e. The van der Waals surface area contributed by atoms with Crippen LogP contribution in [0.2, 0.25) is 0 Å². The number of methoxy groups -OCH3 is 1. The normalized spacial score (nSPS) is 10.0. The minimum absolute atomic E-state index is 0.176. The lowest BCUT2D eigenvalue weighted by atomic mass is 10.1. The standard InChI is InChI=1S/C12H10N2O2/c1-16-11(15)5-9-7-14-10-4-2-3-8(6-13)12(9)10/h2-4,7,14H,5H2,1H3. The number of benzene rings is 1. The lowest BCUT2D eigenvalue weighted by Crippen LogP contribution is -2.04. The van der Waals surface area contributed by atoms with E-state index in [1.807, 2.05) is 6.07 Å². The van der Waals surface area contributed by atoms with E-state index in [0.29, 0.717) is 5.56 Å². The van der Waals surface area contributed by atoms with Gasteiger partial charge in [-0.1, -0.05) is 6.07 Å². The second-order valence-electron chi connectivity index (χ2n) is 3.41. The molecule has 1 aromatic carbocycles. The van der Waals surface area contributed by atoms with E-state index >= 15 is 0 Å². The van der Waals surface area contributed by atoms with Crippen LogP contribution in [-0.2, 0) is 16.0 Å². The first-order chi connectivity index (χ1) is 7.76. The van der Waals surface area contributed by atoms with Crippen molar-refractivity contribution in [2.75, 3.05) is 7.11 Å². The molecule has 0 amide bonds. The number of nitriles is 1. The molecule has 80 valence electrons. The van der Waals surface area contributed by atoms with E-state index in [9.17, 15) is 4.79 Å². The number of nitrogens with one attached hydrogen (secondary N) is 1. The fraction of sp³-hybridized carbons (Fsp3) is 0.167. The molecule has 2 aromatic rings. The van der Waals surface area contributed by atoms with Crippen LogP contribution in [0.25, 0.3) is 10.9 Å². The summed E-state index contributed by atoms with van der Waals surface area (Å²) >= 11 is 0. The van der Waals surface area contributed by atoms with Crippen LogP contribution < -0.4 is 0 Å². The predicted octanol–water partition coefficient (Wildman–Crippen LogP) is 1.76.